The van der Waals surface area contributed by atoms with Crippen LogP contribution in [0.25, 0.3) is 21.1 Å². The molecule has 82 valence electrons. The average Bonchev–Trinajstić information content (AvgIpc) is 2.59. The van der Waals surface area contributed by atoms with E-state index in [-0.39, 0.29) is 0 Å². The molecule has 0 unspecified atom stereocenters. The molecule has 0 spiro atoms. The Bertz CT molecular complexity index is 854. The van der Waals surface area contributed by atoms with Gasteiger partial charge in [0.2, 0.25) is 10.9 Å². The highest BCUT2D eigenvalue weighted by atomic mass is 16.2. The lowest BCUT2D eigenvalue weighted by Gasteiger charge is -1.75. The minimum absolute atomic E-state index is 0.823. The van der Waals surface area contributed by atoms with Crippen molar-refractivity contribution in [3.05, 3.63) is 63.9 Å². The molecule has 1 aromatic carbocycles. The molecule has 0 saturated carbocycles. The second-order valence-electron chi connectivity index (χ2n) is 2.88. The molecule has 0 N–H and O–H groups in total. The predicted molar refractivity (Wildman–Crippen MR) is 58.1 cm³/mol. The van der Waals surface area contributed by atoms with Crippen molar-refractivity contribution in [2.75, 3.05) is 0 Å². The molecule has 0 radical (unpaired) electrons. The van der Waals surface area contributed by atoms with E-state index in [1.54, 1.807) is 0 Å². The second kappa shape index (κ2) is 4.53. The highest BCUT2D eigenvalue weighted by molar-refractivity contribution is 5.68. The monoisotopic (exact) mass is 236 g/mol. The van der Waals surface area contributed by atoms with Crippen molar-refractivity contribution in [2.24, 2.45) is 0 Å². The van der Waals surface area contributed by atoms with Crippen LogP contribution < -0.4 is 26.7 Å². The topological polar surface area (TPSA) is 108 Å². The highest BCUT2D eigenvalue weighted by Crippen LogP contribution is 1.88. The molecule has 0 saturated heterocycles. The van der Waals surface area contributed by atoms with Crippen molar-refractivity contribution in [2.45, 2.75) is 0 Å². The third kappa shape index (κ3) is 1.55. The van der Waals surface area contributed by atoms with E-state index in [2.05, 4.69) is 9.69 Å². The number of nitrogens with zero attached hydrogens (tertiary/aromatic N) is 4. The Morgan fingerprint density at radius 2 is 1.17 bits per heavy atom. The molecular weight excluding hydrogens is 236 g/mol. The van der Waals surface area contributed by atoms with E-state index in [0.717, 1.165) is 0 Å². The van der Waals surface area contributed by atoms with Crippen molar-refractivity contribution in [1.29, 1.82) is 10.5 Å². The molecule has 7 heteroatoms. The third-order valence-electron chi connectivity index (χ3n) is 2.02. The van der Waals surface area contributed by atoms with Crippen LogP contribution in [0.4, 0.5) is 0 Å². The number of rotatable bonds is 0. The van der Waals surface area contributed by atoms with Gasteiger partial charge in [-0.1, -0.05) is 0 Å². The summed E-state index contributed by atoms with van der Waals surface area (Å²) in [7, 11) is 0. The van der Waals surface area contributed by atoms with E-state index in [9.17, 15) is 14.4 Å². The average molecular weight is 236 g/mol. The van der Waals surface area contributed by atoms with Crippen LogP contribution in [0.5, 0.6) is 0 Å². The maximum absolute atomic E-state index is 11.7. The van der Waals surface area contributed by atoms with Crippen LogP contribution in [0.15, 0.2) is 14.4 Å². The largest absolute Gasteiger partial charge is 0.291 e. The Kier molecular flexibility index (Phi) is 3.15. The quantitative estimate of drug-likeness (QED) is 0.373. The van der Waals surface area contributed by atoms with E-state index in [1.807, 2.05) is 0 Å². The zero-order valence-electron chi connectivity index (χ0n) is 8.51. The molecule has 0 bridgehead atoms. The summed E-state index contributed by atoms with van der Waals surface area (Å²) < 4.78 is 0. The SMILES string of the molecule is [C-]#[N+]C(C#N)=c1c(=O)c(=O)c(=C(C#N)[N+]#[C-])c1=O. The number of hydrogen-bond donors (Lipinski definition) is 0. The first-order valence-electron chi connectivity index (χ1n) is 4.20. The van der Waals surface area contributed by atoms with E-state index in [0.29, 0.717) is 0 Å². The van der Waals surface area contributed by atoms with Gasteiger partial charge in [-0.2, -0.15) is 0 Å². The summed E-state index contributed by atoms with van der Waals surface area (Å²) in [6, 6.07) is 2.64. The van der Waals surface area contributed by atoms with Gasteiger partial charge < -0.3 is 0 Å². The zero-order valence-corrected chi connectivity index (χ0v) is 8.51. The molecule has 1 rings (SSSR count). The fourth-order valence-electron chi connectivity index (χ4n) is 1.26. The van der Waals surface area contributed by atoms with Crippen molar-refractivity contribution >= 4 is 11.4 Å². The summed E-state index contributed by atoms with van der Waals surface area (Å²) in [6.07, 6.45) is 0. The lowest BCUT2D eigenvalue weighted by Crippen LogP contribution is -2.38. The fraction of sp³-hybridized carbons (Fsp3) is 0. The first-order chi connectivity index (χ1) is 8.53. The predicted octanol–water partition coefficient (Wildman–Crippen LogP) is -2.26. The Hall–Kier alpha value is -3.55. The van der Waals surface area contributed by atoms with Gasteiger partial charge in [0.15, 0.2) is 5.43 Å². The van der Waals surface area contributed by atoms with E-state index < -0.39 is 38.1 Å². The molecule has 0 amide bonds. The number of hydrogen-bond acceptors (Lipinski definition) is 5. The zero-order chi connectivity index (χ0) is 13.9. The lowest BCUT2D eigenvalue weighted by molar-refractivity contribution is 1.47. The van der Waals surface area contributed by atoms with Crippen LogP contribution in [0.3, 0.4) is 0 Å². The van der Waals surface area contributed by atoms with Crippen molar-refractivity contribution in [1.82, 2.24) is 0 Å². The van der Waals surface area contributed by atoms with Gasteiger partial charge in [0.25, 0.3) is 11.4 Å². The van der Waals surface area contributed by atoms with Gasteiger partial charge in [0, 0.05) is 0 Å². The summed E-state index contributed by atoms with van der Waals surface area (Å²) in [5.41, 5.74) is -5.53. The van der Waals surface area contributed by atoms with Gasteiger partial charge in [0.05, 0.1) is 35.7 Å². The summed E-state index contributed by atoms with van der Waals surface area (Å²) >= 11 is 0. The third-order valence-corrected chi connectivity index (χ3v) is 2.02. The van der Waals surface area contributed by atoms with Gasteiger partial charge >= 0.3 is 0 Å². The first kappa shape index (κ1) is 12.5. The Morgan fingerprint density at radius 3 is 1.39 bits per heavy atom. The van der Waals surface area contributed by atoms with Gasteiger partial charge in [-0.15, -0.1) is 0 Å². The molecule has 7 nitrogen and oxygen atoms in total. The normalized spacial score (nSPS) is 12.4. The summed E-state index contributed by atoms with van der Waals surface area (Å²) in [6.45, 7) is 13.2. The molecule has 0 fully saturated rings. The smallest absolute Gasteiger partial charge is 0.276 e. The lowest BCUT2D eigenvalue weighted by atomic mass is 10.3. The van der Waals surface area contributed by atoms with Gasteiger partial charge in [-0.25, -0.2) is 20.2 Å². The fourth-order valence-corrected chi connectivity index (χ4v) is 1.26. The second-order valence-corrected chi connectivity index (χ2v) is 2.88. The molecule has 18 heavy (non-hydrogen) atoms. The van der Waals surface area contributed by atoms with E-state index in [4.69, 9.17) is 23.7 Å². The minimum Gasteiger partial charge on any atom is -0.291 e. The Morgan fingerprint density at radius 1 is 0.833 bits per heavy atom. The van der Waals surface area contributed by atoms with Crippen molar-refractivity contribution in [3.8, 4) is 12.1 Å². The molecule has 0 heterocycles. The molecule has 0 aliphatic heterocycles. The minimum atomic E-state index is -1.33. The van der Waals surface area contributed by atoms with Gasteiger partial charge in [0.1, 0.15) is 0 Å². The molecule has 0 aliphatic rings. The molecular formula is C11N4O3. The molecule has 1 aromatic rings. The van der Waals surface area contributed by atoms with E-state index in [1.165, 1.54) is 12.1 Å². The van der Waals surface area contributed by atoms with Gasteiger partial charge in [-0.05, 0) is 0 Å². The summed E-state index contributed by atoms with van der Waals surface area (Å²) in [5.74, 6) is 0. The maximum Gasteiger partial charge on any atom is 0.276 e. The highest BCUT2D eigenvalue weighted by Gasteiger charge is 2.16. The van der Waals surface area contributed by atoms with Crippen molar-refractivity contribution in [3.63, 3.8) is 0 Å². The van der Waals surface area contributed by atoms with Crippen LogP contribution in [-0.2, 0) is 0 Å². The molecule has 0 atom stereocenters. The Labute approximate surface area is 98.7 Å². The van der Waals surface area contributed by atoms with Crippen LogP contribution in [0, 0.1) is 35.8 Å². The van der Waals surface area contributed by atoms with Crippen LogP contribution in [0.2, 0.25) is 0 Å². The van der Waals surface area contributed by atoms with Crippen LogP contribution >= 0.6 is 0 Å². The number of nitriles is 2. The standard InChI is InChI=1S/C11N4O3/c1-14-5(3-12)7-9(16)8(6(4-13)15-2)11(18)10(7)17. The summed E-state index contributed by atoms with van der Waals surface area (Å²) in [4.78, 5) is 39.9. The van der Waals surface area contributed by atoms with E-state index >= 15 is 0 Å². The maximum atomic E-state index is 11.7. The molecule has 0 aromatic heterocycles. The molecule has 0 aliphatic carbocycles. The van der Waals surface area contributed by atoms with Crippen LogP contribution in [-0.4, -0.2) is 0 Å². The van der Waals surface area contributed by atoms with Gasteiger partial charge in [-0.3, -0.25) is 14.4 Å². The first-order valence-corrected chi connectivity index (χ1v) is 4.20. The summed E-state index contributed by atoms with van der Waals surface area (Å²) in [5, 5.41) is 15.4. The van der Waals surface area contributed by atoms with Crippen molar-refractivity contribution < 1.29 is 0 Å². The van der Waals surface area contributed by atoms with Crippen LogP contribution in [0.1, 0.15) is 0 Å². The Balaban J connectivity index is 4.48.